The normalized spacial score (nSPS) is 12.8. The lowest BCUT2D eigenvalue weighted by molar-refractivity contribution is 0.0956. The number of carbonyl (C=O) groups excluding carboxylic acids is 1. The van der Waals surface area contributed by atoms with Crippen molar-refractivity contribution in [3.05, 3.63) is 39.3 Å². The summed E-state index contributed by atoms with van der Waals surface area (Å²) in [6, 6.07) is 1.07. The standard InChI is InChI=1S/C19H27N5O4S2/c1-12-10-16(28-4)13(2)14(3)18(12)30(26,27)24-11-23-22-7-5-6-15(20)17(25)19-21-8-9-29-19/h8-11,15,22H,5-7,20H2,1-4H3,(H,23,24)/t15-/m0/s1. The second-order valence-electron chi connectivity index (χ2n) is 6.71. The van der Waals surface area contributed by atoms with Gasteiger partial charge >= 0.3 is 0 Å². The number of aryl methyl sites for hydroxylation is 1. The Labute approximate surface area is 180 Å². The molecule has 2 aromatic rings. The predicted molar refractivity (Wildman–Crippen MR) is 118 cm³/mol. The summed E-state index contributed by atoms with van der Waals surface area (Å²) in [5.74, 6) is 0.463. The van der Waals surface area contributed by atoms with Crippen LogP contribution < -0.4 is 21.3 Å². The molecule has 0 spiro atoms. The Bertz CT molecular complexity index is 1000. The maximum Gasteiger partial charge on any atom is 0.284 e. The molecule has 0 amide bonds. The molecule has 11 heteroatoms. The third-order valence-corrected chi connectivity index (χ3v) is 6.93. The summed E-state index contributed by atoms with van der Waals surface area (Å²) in [5, 5.41) is 2.14. The van der Waals surface area contributed by atoms with Gasteiger partial charge in [-0.1, -0.05) is 0 Å². The van der Waals surface area contributed by atoms with Crippen LogP contribution in [0.15, 0.2) is 26.9 Å². The lowest BCUT2D eigenvalue weighted by Crippen LogP contribution is -2.34. The molecule has 2 rings (SSSR count). The van der Waals surface area contributed by atoms with E-state index in [1.54, 1.807) is 45.5 Å². The number of thiazole rings is 1. The van der Waals surface area contributed by atoms with E-state index in [0.717, 1.165) is 11.9 Å². The topological polar surface area (TPSA) is 136 Å². The zero-order chi connectivity index (χ0) is 22.3. The zero-order valence-corrected chi connectivity index (χ0v) is 19.1. The number of ketones is 1. The van der Waals surface area contributed by atoms with E-state index in [-0.39, 0.29) is 10.7 Å². The molecule has 164 valence electrons. The molecule has 0 aliphatic rings. The number of benzene rings is 1. The van der Waals surface area contributed by atoms with E-state index in [9.17, 15) is 13.2 Å². The number of nitrogens with two attached hydrogens (primary N) is 1. The number of rotatable bonds is 11. The van der Waals surface area contributed by atoms with Crippen LogP contribution in [0.5, 0.6) is 5.75 Å². The summed E-state index contributed by atoms with van der Waals surface area (Å²) in [5.41, 5.74) is 13.3. The number of methoxy groups -OCH3 is 1. The first-order valence-electron chi connectivity index (χ1n) is 9.30. The van der Waals surface area contributed by atoms with Crippen molar-refractivity contribution >= 4 is 33.5 Å². The Morgan fingerprint density at radius 2 is 2.10 bits per heavy atom. The molecule has 0 fully saturated rings. The molecule has 0 unspecified atom stereocenters. The van der Waals surface area contributed by atoms with Crippen molar-refractivity contribution in [1.82, 2.24) is 15.8 Å². The monoisotopic (exact) mass is 453 g/mol. The molecule has 0 bridgehead atoms. The maximum absolute atomic E-state index is 12.6. The smallest absolute Gasteiger partial charge is 0.284 e. The summed E-state index contributed by atoms with van der Waals surface area (Å²) >= 11 is 1.26. The van der Waals surface area contributed by atoms with Gasteiger partial charge in [0.1, 0.15) is 12.1 Å². The van der Waals surface area contributed by atoms with Crippen LogP contribution in [0, 0.1) is 20.8 Å². The van der Waals surface area contributed by atoms with Gasteiger partial charge in [-0.05, 0) is 56.4 Å². The second kappa shape index (κ2) is 10.6. The average Bonchev–Trinajstić information content (AvgIpc) is 3.23. The Morgan fingerprint density at radius 1 is 1.37 bits per heavy atom. The largest absolute Gasteiger partial charge is 0.496 e. The number of carbonyl (C=O) groups is 1. The summed E-state index contributed by atoms with van der Waals surface area (Å²) in [4.78, 5) is 16.2. The molecule has 1 aromatic carbocycles. The SMILES string of the molecule is COc1cc(C)c(S(=O)(=O)N=CNNCCC[C@H](N)C(=O)c2nccs2)c(C)c1C. The van der Waals surface area contributed by atoms with E-state index in [2.05, 4.69) is 20.2 Å². The first-order chi connectivity index (χ1) is 14.2. The van der Waals surface area contributed by atoms with Crippen molar-refractivity contribution in [3.63, 3.8) is 0 Å². The van der Waals surface area contributed by atoms with E-state index < -0.39 is 16.1 Å². The van der Waals surface area contributed by atoms with Crippen LogP contribution in [0.3, 0.4) is 0 Å². The van der Waals surface area contributed by atoms with Crippen LogP contribution in [0.1, 0.15) is 39.3 Å². The van der Waals surface area contributed by atoms with Gasteiger partial charge in [0.05, 0.1) is 18.0 Å². The average molecular weight is 454 g/mol. The molecule has 0 radical (unpaired) electrons. The van der Waals surface area contributed by atoms with E-state index in [0.29, 0.717) is 41.3 Å². The minimum absolute atomic E-state index is 0.172. The Kier molecular flexibility index (Phi) is 8.47. The minimum atomic E-state index is -3.87. The number of hydrazine groups is 1. The first-order valence-corrected chi connectivity index (χ1v) is 11.6. The molecular weight excluding hydrogens is 426 g/mol. The van der Waals surface area contributed by atoms with E-state index in [1.165, 1.54) is 11.3 Å². The highest BCUT2D eigenvalue weighted by Crippen LogP contribution is 2.31. The first kappa shape index (κ1) is 23.9. The molecule has 4 N–H and O–H groups in total. The molecule has 1 atom stereocenters. The summed E-state index contributed by atoms with van der Waals surface area (Å²) in [6.45, 7) is 5.72. The van der Waals surface area contributed by atoms with Crippen LogP contribution in [0.2, 0.25) is 0 Å². The molecule has 1 heterocycles. The van der Waals surface area contributed by atoms with Gasteiger partial charge in [-0.3, -0.25) is 4.79 Å². The van der Waals surface area contributed by atoms with E-state index in [4.69, 9.17) is 10.5 Å². The fourth-order valence-electron chi connectivity index (χ4n) is 2.94. The Balaban J connectivity index is 1.84. The number of Topliss-reactive ketones (excluding diaryl/α,β-unsaturated/α-hetero) is 1. The zero-order valence-electron chi connectivity index (χ0n) is 17.4. The van der Waals surface area contributed by atoms with Crippen molar-refractivity contribution < 1.29 is 17.9 Å². The molecule has 0 saturated carbocycles. The number of sulfonamides is 1. The fourth-order valence-corrected chi connectivity index (χ4v) is 4.88. The van der Waals surface area contributed by atoms with Crippen molar-refractivity contribution in [2.24, 2.45) is 10.1 Å². The van der Waals surface area contributed by atoms with E-state index >= 15 is 0 Å². The van der Waals surface area contributed by atoms with Gasteiger partial charge in [0.15, 0.2) is 5.01 Å². The lowest BCUT2D eigenvalue weighted by Gasteiger charge is -2.14. The predicted octanol–water partition coefficient (Wildman–Crippen LogP) is 1.88. The van der Waals surface area contributed by atoms with Gasteiger partial charge in [-0.15, -0.1) is 15.7 Å². The van der Waals surface area contributed by atoms with Crippen LogP contribution in [0.25, 0.3) is 0 Å². The highest BCUT2D eigenvalue weighted by atomic mass is 32.2. The molecule has 30 heavy (non-hydrogen) atoms. The van der Waals surface area contributed by atoms with Gasteiger partial charge in [-0.25, -0.2) is 10.4 Å². The molecule has 0 saturated heterocycles. The van der Waals surface area contributed by atoms with Crippen molar-refractivity contribution in [1.29, 1.82) is 0 Å². The van der Waals surface area contributed by atoms with Crippen molar-refractivity contribution in [2.45, 2.75) is 44.6 Å². The summed E-state index contributed by atoms with van der Waals surface area (Å²) in [6.07, 6.45) is 3.75. The summed E-state index contributed by atoms with van der Waals surface area (Å²) in [7, 11) is -2.32. The van der Waals surface area contributed by atoms with Crippen LogP contribution in [-0.4, -0.2) is 45.2 Å². The van der Waals surface area contributed by atoms with Gasteiger partial charge in [0, 0.05) is 18.1 Å². The van der Waals surface area contributed by atoms with Crippen molar-refractivity contribution in [2.75, 3.05) is 13.7 Å². The molecule has 9 nitrogen and oxygen atoms in total. The minimum Gasteiger partial charge on any atom is -0.496 e. The summed E-state index contributed by atoms with van der Waals surface area (Å²) < 4.78 is 34.2. The quantitative estimate of drug-likeness (QED) is 0.154. The number of nitrogens with one attached hydrogen (secondary N) is 2. The fraction of sp³-hybridized carbons (Fsp3) is 0.421. The molecular formula is C19H27N5O4S2. The number of hydrogen-bond acceptors (Lipinski definition) is 8. The third kappa shape index (κ3) is 5.85. The molecule has 0 aliphatic heterocycles. The second-order valence-corrected chi connectivity index (χ2v) is 9.17. The molecule has 1 aromatic heterocycles. The third-order valence-electron chi connectivity index (χ3n) is 4.61. The van der Waals surface area contributed by atoms with Gasteiger partial charge in [0.25, 0.3) is 10.0 Å². The van der Waals surface area contributed by atoms with Crippen LogP contribution in [-0.2, 0) is 10.0 Å². The molecule has 0 aliphatic carbocycles. The van der Waals surface area contributed by atoms with E-state index in [1.807, 2.05) is 0 Å². The van der Waals surface area contributed by atoms with Gasteiger partial charge in [-0.2, -0.15) is 8.42 Å². The van der Waals surface area contributed by atoms with Gasteiger partial charge < -0.3 is 15.9 Å². The number of nitrogens with zero attached hydrogens (tertiary/aromatic N) is 2. The van der Waals surface area contributed by atoms with Crippen molar-refractivity contribution in [3.8, 4) is 5.75 Å². The highest BCUT2D eigenvalue weighted by molar-refractivity contribution is 7.90. The van der Waals surface area contributed by atoms with Gasteiger partial charge in [0.2, 0.25) is 5.78 Å². The Morgan fingerprint density at radius 3 is 2.73 bits per heavy atom. The number of ether oxygens (including phenoxy) is 1. The van der Waals surface area contributed by atoms with Crippen LogP contribution in [0.4, 0.5) is 0 Å². The number of hydrogen-bond donors (Lipinski definition) is 3. The van der Waals surface area contributed by atoms with Crippen LogP contribution >= 0.6 is 11.3 Å². The number of aromatic nitrogens is 1. The maximum atomic E-state index is 12.6. The Hall–Kier alpha value is -2.34. The lowest BCUT2D eigenvalue weighted by atomic mass is 10.1. The highest BCUT2D eigenvalue weighted by Gasteiger charge is 2.21.